The first-order valence-electron chi connectivity index (χ1n) is 9.21. The van der Waals surface area contributed by atoms with E-state index in [1.807, 2.05) is 13.0 Å². The molecule has 27 heavy (non-hydrogen) atoms. The molecule has 1 unspecified atom stereocenters. The van der Waals surface area contributed by atoms with Crippen molar-refractivity contribution >= 4 is 15.7 Å². The van der Waals surface area contributed by atoms with Gasteiger partial charge in [0.2, 0.25) is 10.0 Å². The molecule has 6 nitrogen and oxygen atoms in total. The predicted octanol–water partition coefficient (Wildman–Crippen LogP) is 4.21. The van der Waals surface area contributed by atoms with E-state index in [1.54, 1.807) is 6.92 Å². The molecule has 1 atom stereocenters. The predicted molar refractivity (Wildman–Crippen MR) is 104 cm³/mol. The number of non-ortho nitro benzene ring substituents is 1. The van der Waals surface area contributed by atoms with Crippen LogP contribution in [0.1, 0.15) is 54.5 Å². The van der Waals surface area contributed by atoms with E-state index >= 15 is 0 Å². The molecule has 144 valence electrons. The molecule has 7 heteroatoms. The number of nitro benzene ring substituents is 1. The number of rotatable bonds is 6. The first-order chi connectivity index (χ1) is 12.8. The second kappa shape index (κ2) is 7.78. The van der Waals surface area contributed by atoms with E-state index < -0.39 is 14.9 Å². The van der Waals surface area contributed by atoms with Gasteiger partial charge >= 0.3 is 0 Å². The van der Waals surface area contributed by atoms with Crippen LogP contribution in [-0.4, -0.2) is 13.3 Å². The molecular weight excluding hydrogens is 364 g/mol. The minimum Gasteiger partial charge on any atom is -0.258 e. The average Bonchev–Trinajstić information content (AvgIpc) is 2.65. The number of hydrogen-bond donors (Lipinski definition) is 1. The van der Waals surface area contributed by atoms with Crippen LogP contribution >= 0.6 is 0 Å². The normalized spacial score (nSPS) is 15.2. The molecule has 0 fully saturated rings. The molecule has 0 heterocycles. The molecule has 0 saturated carbocycles. The molecule has 1 aliphatic carbocycles. The maximum Gasteiger partial charge on any atom is 0.270 e. The number of benzene rings is 2. The minimum atomic E-state index is -3.88. The standard InChI is InChI=1S/C20H24N2O4S/c1-3-19(17-10-9-15-6-4-5-7-16(15)12-17)21-27(25,26)20-13-18(22(23)24)11-8-14(20)2/h8-13,19,21H,3-7H2,1-2H3. The van der Waals surface area contributed by atoms with Gasteiger partial charge in [0.05, 0.1) is 9.82 Å². The van der Waals surface area contributed by atoms with Gasteiger partial charge < -0.3 is 0 Å². The molecule has 1 aliphatic rings. The SMILES string of the molecule is CCC(NS(=O)(=O)c1cc([N+](=O)[O-])ccc1C)c1ccc2c(c1)CCCC2. The van der Waals surface area contributed by atoms with E-state index in [0.717, 1.165) is 30.9 Å². The topological polar surface area (TPSA) is 89.3 Å². The molecule has 0 bridgehead atoms. The lowest BCUT2D eigenvalue weighted by molar-refractivity contribution is -0.385. The van der Waals surface area contributed by atoms with Crippen LogP contribution in [-0.2, 0) is 22.9 Å². The Morgan fingerprint density at radius 2 is 1.81 bits per heavy atom. The van der Waals surface area contributed by atoms with Crippen LogP contribution in [0.15, 0.2) is 41.3 Å². The van der Waals surface area contributed by atoms with E-state index in [2.05, 4.69) is 16.9 Å². The van der Waals surface area contributed by atoms with Gasteiger partial charge in [-0.15, -0.1) is 0 Å². The van der Waals surface area contributed by atoms with Crippen LogP contribution in [0.3, 0.4) is 0 Å². The van der Waals surface area contributed by atoms with E-state index in [1.165, 1.54) is 29.7 Å². The van der Waals surface area contributed by atoms with E-state index in [-0.39, 0.29) is 16.6 Å². The fourth-order valence-electron chi connectivity index (χ4n) is 3.60. The molecule has 0 aromatic heterocycles. The van der Waals surface area contributed by atoms with Crippen LogP contribution in [0, 0.1) is 17.0 Å². The van der Waals surface area contributed by atoms with Gasteiger partial charge in [-0.2, -0.15) is 0 Å². The molecule has 0 radical (unpaired) electrons. The summed E-state index contributed by atoms with van der Waals surface area (Å²) in [7, 11) is -3.88. The first-order valence-corrected chi connectivity index (χ1v) is 10.7. The van der Waals surface area contributed by atoms with Crippen LogP contribution in [0.4, 0.5) is 5.69 Å². The van der Waals surface area contributed by atoms with Gasteiger partial charge in [0.25, 0.3) is 5.69 Å². The van der Waals surface area contributed by atoms with Crippen molar-refractivity contribution in [1.82, 2.24) is 4.72 Å². The van der Waals surface area contributed by atoms with Gasteiger partial charge in [-0.25, -0.2) is 13.1 Å². The summed E-state index contributed by atoms with van der Waals surface area (Å²) in [5.74, 6) is 0. The third-order valence-corrected chi connectivity index (χ3v) is 6.77. The third kappa shape index (κ3) is 4.20. The number of aryl methyl sites for hydroxylation is 3. The number of hydrogen-bond acceptors (Lipinski definition) is 4. The lowest BCUT2D eigenvalue weighted by Crippen LogP contribution is -2.29. The zero-order valence-corrected chi connectivity index (χ0v) is 16.4. The van der Waals surface area contributed by atoms with Crippen molar-refractivity contribution in [2.75, 3.05) is 0 Å². The molecule has 0 aliphatic heterocycles. The second-order valence-electron chi connectivity index (χ2n) is 7.02. The van der Waals surface area contributed by atoms with Crippen LogP contribution in [0.5, 0.6) is 0 Å². The molecule has 0 saturated heterocycles. The summed E-state index contributed by atoms with van der Waals surface area (Å²) in [6.45, 7) is 3.56. The van der Waals surface area contributed by atoms with Gasteiger partial charge in [-0.1, -0.05) is 31.2 Å². The molecule has 0 amide bonds. The summed E-state index contributed by atoms with van der Waals surface area (Å²) >= 11 is 0. The van der Waals surface area contributed by atoms with Gasteiger partial charge in [-0.3, -0.25) is 10.1 Å². The van der Waals surface area contributed by atoms with Crippen molar-refractivity contribution in [3.63, 3.8) is 0 Å². The maximum atomic E-state index is 12.9. The Labute approximate surface area is 159 Å². The molecule has 1 N–H and O–H groups in total. The van der Waals surface area contributed by atoms with Gasteiger partial charge in [0.1, 0.15) is 0 Å². The Morgan fingerprint density at radius 1 is 1.11 bits per heavy atom. The monoisotopic (exact) mass is 388 g/mol. The summed E-state index contributed by atoms with van der Waals surface area (Å²) in [5, 5.41) is 11.0. The zero-order chi connectivity index (χ0) is 19.6. The highest BCUT2D eigenvalue weighted by molar-refractivity contribution is 7.89. The van der Waals surface area contributed by atoms with Crippen molar-refractivity contribution in [3.05, 3.63) is 68.8 Å². The highest BCUT2D eigenvalue weighted by atomic mass is 32.2. The fraction of sp³-hybridized carbons (Fsp3) is 0.400. The van der Waals surface area contributed by atoms with Gasteiger partial charge in [0, 0.05) is 18.2 Å². The average molecular weight is 388 g/mol. The minimum absolute atomic E-state index is 0.0480. The molecule has 3 rings (SSSR count). The first kappa shape index (κ1) is 19.5. The van der Waals surface area contributed by atoms with Gasteiger partial charge in [-0.05, 0) is 61.3 Å². The largest absolute Gasteiger partial charge is 0.270 e. The Balaban J connectivity index is 1.92. The quantitative estimate of drug-likeness (QED) is 0.593. The smallest absolute Gasteiger partial charge is 0.258 e. The number of nitro groups is 1. The van der Waals surface area contributed by atoms with Gasteiger partial charge in [0.15, 0.2) is 0 Å². The summed E-state index contributed by atoms with van der Waals surface area (Å²) < 4.78 is 28.6. The summed E-state index contributed by atoms with van der Waals surface area (Å²) in [4.78, 5) is 10.4. The molecule has 2 aromatic rings. The number of nitrogens with zero attached hydrogens (tertiary/aromatic N) is 1. The summed E-state index contributed by atoms with van der Waals surface area (Å²) in [6.07, 6.45) is 5.04. The van der Waals surface area contributed by atoms with Crippen LogP contribution in [0.2, 0.25) is 0 Å². The van der Waals surface area contributed by atoms with E-state index in [9.17, 15) is 18.5 Å². The van der Waals surface area contributed by atoms with Crippen molar-refractivity contribution in [1.29, 1.82) is 0 Å². The third-order valence-electron chi connectivity index (χ3n) is 5.15. The number of fused-ring (bicyclic) bond motifs is 1. The lowest BCUT2D eigenvalue weighted by atomic mass is 9.89. The van der Waals surface area contributed by atoms with Crippen molar-refractivity contribution in [3.8, 4) is 0 Å². The van der Waals surface area contributed by atoms with Crippen molar-refractivity contribution in [2.45, 2.75) is 56.9 Å². The van der Waals surface area contributed by atoms with Crippen molar-refractivity contribution in [2.24, 2.45) is 0 Å². The highest BCUT2D eigenvalue weighted by Gasteiger charge is 2.25. The van der Waals surface area contributed by atoms with Crippen LogP contribution in [0.25, 0.3) is 0 Å². The zero-order valence-electron chi connectivity index (χ0n) is 15.6. The van der Waals surface area contributed by atoms with E-state index in [4.69, 9.17) is 0 Å². The van der Waals surface area contributed by atoms with Crippen LogP contribution < -0.4 is 4.72 Å². The van der Waals surface area contributed by atoms with E-state index in [0.29, 0.717) is 12.0 Å². The van der Waals surface area contributed by atoms with Crippen molar-refractivity contribution < 1.29 is 13.3 Å². The summed E-state index contributed by atoms with van der Waals surface area (Å²) in [6, 6.07) is 9.71. The number of nitrogens with one attached hydrogen (secondary N) is 1. The summed E-state index contributed by atoms with van der Waals surface area (Å²) in [5.41, 5.74) is 3.82. The highest BCUT2D eigenvalue weighted by Crippen LogP contribution is 2.28. The lowest BCUT2D eigenvalue weighted by Gasteiger charge is -2.22. The molecule has 0 spiro atoms. The fourth-order valence-corrected chi connectivity index (χ4v) is 5.17. The Hall–Kier alpha value is -2.25. The number of sulfonamides is 1. The molecule has 2 aromatic carbocycles. The molecular formula is C20H24N2O4S. The maximum absolute atomic E-state index is 12.9. The Morgan fingerprint density at radius 3 is 2.48 bits per heavy atom. The Bertz CT molecular complexity index is 970. The second-order valence-corrected chi connectivity index (χ2v) is 8.71. The Kier molecular flexibility index (Phi) is 5.62.